The molecule has 5 heteroatoms. The lowest BCUT2D eigenvalue weighted by atomic mass is 10.4. The third kappa shape index (κ3) is 9.09. The van der Waals surface area contributed by atoms with Crippen molar-refractivity contribution in [2.75, 3.05) is 46.6 Å². The summed E-state index contributed by atoms with van der Waals surface area (Å²) in [6.45, 7) is 4.01. The number of hydrogen-bond acceptors (Lipinski definition) is 4. The molecule has 0 radical (unpaired) electrons. The molecule has 1 fully saturated rings. The van der Waals surface area contributed by atoms with Gasteiger partial charge in [-0.3, -0.25) is 4.79 Å². The lowest BCUT2D eigenvalue weighted by Crippen LogP contribution is -2.35. The summed E-state index contributed by atoms with van der Waals surface area (Å²) in [5, 5.41) is 5.83. The molecule has 1 amide bonds. The molecule has 1 aliphatic carbocycles. The summed E-state index contributed by atoms with van der Waals surface area (Å²) >= 11 is 0. The van der Waals surface area contributed by atoms with Crippen molar-refractivity contribution in [3.63, 3.8) is 0 Å². The molecule has 0 unspecified atom stereocenters. The van der Waals surface area contributed by atoms with E-state index in [1.54, 1.807) is 7.11 Å². The number of carbonyl (C=O) groups excluding carboxylic acids is 1. The Kier molecular flexibility index (Phi) is 7.96. The van der Waals surface area contributed by atoms with E-state index in [0.29, 0.717) is 26.2 Å². The average molecular weight is 244 g/mol. The second kappa shape index (κ2) is 9.39. The summed E-state index contributed by atoms with van der Waals surface area (Å²) in [4.78, 5) is 11.3. The van der Waals surface area contributed by atoms with E-state index in [4.69, 9.17) is 9.47 Å². The van der Waals surface area contributed by atoms with Gasteiger partial charge < -0.3 is 20.1 Å². The van der Waals surface area contributed by atoms with E-state index in [0.717, 1.165) is 25.6 Å². The van der Waals surface area contributed by atoms with E-state index in [9.17, 15) is 4.79 Å². The zero-order chi connectivity index (χ0) is 12.3. The molecular weight excluding hydrogens is 220 g/mol. The summed E-state index contributed by atoms with van der Waals surface area (Å²) in [7, 11) is 1.64. The van der Waals surface area contributed by atoms with Gasteiger partial charge in [-0.1, -0.05) is 0 Å². The van der Waals surface area contributed by atoms with Crippen LogP contribution in [-0.2, 0) is 14.3 Å². The van der Waals surface area contributed by atoms with Gasteiger partial charge in [0.1, 0.15) is 0 Å². The van der Waals surface area contributed by atoms with E-state index >= 15 is 0 Å². The fourth-order valence-electron chi connectivity index (χ4n) is 1.38. The van der Waals surface area contributed by atoms with Crippen molar-refractivity contribution in [1.82, 2.24) is 10.6 Å². The van der Waals surface area contributed by atoms with Crippen molar-refractivity contribution in [1.29, 1.82) is 0 Å². The van der Waals surface area contributed by atoms with Gasteiger partial charge in [0.15, 0.2) is 0 Å². The van der Waals surface area contributed by atoms with E-state index in [1.165, 1.54) is 12.8 Å². The summed E-state index contributed by atoms with van der Waals surface area (Å²) in [6, 6.07) is 0. The maximum absolute atomic E-state index is 11.3. The molecule has 0 bridgehead atoms. The highest BCUT2D eigenvalue weighted by molar-refractivity contribution is 5.77. The third-order valence-electron chi connectivity index (χ3n) is 2.61. The maximum Gasteiger partial charge on any atom is 0.233 e. The van der Waals surface area contributed by atoms with Crippen molar-refractivity contribution in [3.8, 4) is 0 Å². The standard InChI is InChI=1S/C12H24N2O3/c1-16-8-6-13-9-12(15)14-5-2-7-17-10-11-3-4-11/h11,13H,2-10H2,1H3,(H,14,15). The average Bonchev–Trinajstić information content (AvgIpc) is 3.13. The lowest BCUT2D eigenvalue weighted by Gasteiger charge is -2.06. The third-order valence-corrected chi connectivity index (χ3v) is 2.61. The zero-order valence-electron chi connectivity index (χ0n) is 10.7. The van der Waals surface area contributed by atoms with Crippen molar-refractivity contribution in [2.24, 2.45) is 5.92 Å². The molecular formula is C12H24N2O3. The van der Waals surface area contributed by atoms with Gasteiger partial charge in [0.25, 0.3) is 0 Å². The highest BCUT2D eigenvalue weighted by Crippen LogP contribution is 2.28. The number of hydrogen-bond donors (Lipinski definition) is 2. The molecule has 0 aliphatic heterocycles. The minimum atomic E-state index is 0.0308. The molecule has 1 saturated carbocycles. The first-order valence-electron chi connectivity index (χ1n) is 6.37. The van der Waals surface area contributed by atoms with Crippen molar-refractivity contribution in [2.45, 2.75) is 19.3 Å². The normalized spacial score (nSPS) is 14.9. The molecule has 0 aromatic rings. The molecule has 1 aliphatic rings. The number of nitrogens with one attached hydrogen (secondary N) is 2. The van der Waals surface area contributed by atoms with Crippen molar-refractivity contribution in [3.05, 3.63) is 0 Å². The molecule has 2 N–H and O–H groups in total. The number of ether oxygens (including phenoxy) is 2. The Bertz CT molecular complexity index is 208. The molecule has 0 aromatic carbocycles. The quantitative estimate of drug-likeness (QED) is 0.508. The molecule has 100 valence electrons. The van der Waals surface area contributed by atoms with E-state index < -0.39 is 0 Å². The highest BCUT2D eigenvalue weighted by Gasteiger charge is 2.20. The molecule has 0 spiro atoms. The van der Waals surface area contributed by atoms with E-state index in [2.05, 4.69) is 10.6 Å². The van der Waals surface area contributed by atoms with Crippen LogP contribution < -0.4 is 10.6 Å². The Hall–Kier alpha value is -0.650. The Morgan fingerprint density at radius 2 is 2.12 bits per heavy atom. The molecule has 0 aromatic heterocycles. The monoisotopic (exact) mass is 244 g/mol. The van der Waals surface area contributed by atoms with Crippen LogP contribution in [0.25, 0.3) is 0 Å². The summed E-state index contributed by atoms with van der Waals surface area (Å²) in [6.07, 6.45) is 3.53. The minimum absolute atomic E-state index is 0.0308. The van der Waals surface area contributed by atoms with Gasteiger partial charge in [-0.05, 0) is 25.2 Å². The largest absolute Gasteiger partial charge is 0.383 e. The molecule has 5 nitrogen and oxygen atoms in total. The van der Waals surface area contributed by atoms with Gasteiger partial charge in [-0.2, -0.15) is 0 Å². The van der Waals surface area contributed by atoms with Gasteiger partial charge in [0.2, 0.25) is 5.91 Å². The fraction of sp³-hybridized carbons (Fsp3) is 0.917. The van der Waals surface area contributed by atoms with Crippen LogP contribution in [0, 0.1) is 5.92 Å². The van der Waals surface area contributed by atoms with Crippen LogP contribution in [0.3, 0.4) is 0 Å². The van der Waals surface area contributed by atoms with Crippen LogP contribution in [0.4, 0.5) is 0 Å². The van der Waals surface area contributed by atoms with Gasteiger partial charge in [0.05, 0.1) is 13.2 Å². The van der Waals surface area contributed by atoms with Crippen molar-refractivity contribution < 1.29 is 14.3 Å². The molecule has 17 heavy (non-hydrogen) atoms. The van der Waals surface area contributed by atoms with E-state index in [-0.39, 0.29) is 5.91 Å². The van der Waals surface area contributed by atoms with Crippen LogP contribution >= 0.6 is 0 Å². The first-order chi connectivity index (χ1) is 8.33. The van der Waals surface area contributed by atoms with Crippen LogP contribution in [0.1, 0.15) is 19.3 Å². The maximum atomic E-state index is 11.3. The molecule has 1 rings (SSSR count). The minimum Gasteiger partial charge on any atom is -0.383 e. The molecule has 0 heterocycles. The Labute approximate surface area is 103 Å². The van der Waals surface area contributed by atoms with Crippen LogP contribution in [-0.4, -0.2) is 52.5 Å². The van der Waals surface area contributed by atoms with Gasteiger partial charge in [0, 0.05) is 33.4 Å². The summed E-state index contributed by atoms with van der Waals surface area (Å²) in [5.74, 6) is 0.845. The lowest BCUT2D eigenvalue weighted by molar-refractivity contribution is -0.120. The van der Waals surface area contributed by atoms with Gasteiger partial charge in [-0.15, -0.1) is 0 Å². The SMILES string of the molecule is COCCNCC(=O)NCCCOCC1CC1. The first-order valence-corrected chi connectivity index (χ1v) is 6.37. The van der Waals surface area contributed by atoms with Crippen LogP contribution in [0.2, 0.25) is 0 Å². The molecule has 0 saturated heterocycles. The van der Waals surface area contributed by atoms with E-state index in [1.807, 2.05) is 0 Å². The Morgan fingerprint density at radius 1 is 1.29 bits per heavy atom. The van der Waals surface area contributed by atoms with Gasteiger partial charge >= 0.3 is 0 Å². The van der Waals surface area contributed by atoms with Crippen LogP contribution in [0.15, 0.2) is 0 Å². The predicted octanol–water partition coefficient (Wildman–Crippen LogP) is 0.155. The number of rotatable bonds is 11. The summed E-state index contributed by atoms with van der Waals surface area (Å²) < 4.78 is 10.3. The highest BCUT2D eigenvalue weighted by atomic mass is 16.5. The Morgan fingerprint density at radius 3 is 2.82 bits per heavy atom. The van der Waals surface area contributed by atoms with Crippen molar-refractivity contribution >= 4 is 5.91 Å². The second-order valence-electron chi connectivity index (χ2n) is 4.39. The molecule has 0 atom stereocenters. The summed E-state index contributed by atoms with van der Waals surface area (Å²) in [5.41, 5.74) is 0. The number of methoxy groups -OCH3 is 1. The van der Waals surface area contributed by atoms with Crippen LogP contribution in [0.5, 0.6) is 0 Å². The predicted molar refractivity (Wildman–Crippen MR) is 65.9 cm³/mol. The van der Waals surface area contributed by atoms with Gasteiger partial charge in [-0.25, -0.2) is 0 Å². The Balaban J connectivity index is 1.75. The zero-order valence-corrected chi connectivity index (χ0v) is 10.7. The fourth-order valence-corrected chi connectivity index (χ4v) is 1.38. The number of carbonyl (C=O) groups is 1. The second-order valence-corrected chi connectivity index (χ2v) is 4.39. The first kappa shape index (κ1) is 14.4. The smallest absolute Gasteiger partial charge is 0.233 e. The topological polar surface area (TPSA) is 59.6 Å². The number of amides is 1.